The molecule has 108 valence electrons. The van der Waals surface area contributed by atoms with E-state index in [1.54, 1.807) is 11.3 Å². The average molecular weight is 354 g/mol. The molecule has 0 bridgehead atoms. The van der Waals surface area contributed by atoms with Gasteiger partial charge in [0, 0.05) is 11.4 Å². The molecule has 0 saturated carbocycles. The molecule has 2 rings (SSSR count). The summed E-state index contributed by atoms with van der Waals surface area (Å²) in [6.45, 7) is 6.90. The summed E-state index contributed by atoms with van der Waals surface area (Å²) in [6, 6.07) is 10.5. The minimum atomic E-state index is -0.0920. The van der Waals surface area contributed by atoms with Crippen molar-refractivity contribution in [2.24, 2.45) is 5.73 Å². The fourth-order valence-corrected chi connectivity index (χ4v) is 3.56. The highest BCUT2D eigenvalue weighted by Gasteiger charge is 2.17. The van der Waals surface area contributed by atoms with Gasteiger partial charge in [0.25, 0.3) is 0 Å². The molecule has 0 radical (unpaired) electrons. The first-order valence-electron chi connectivity index (χ1n) is 6.73. The summed E-state index contributed by atoms with van der Waals surface area (Å²) in [7, 11) is 0. The largest absolute Gasteiger partial charge is 0.483 e. The van der Waals surface area contributed by atoms with Crippen molar-refractivity contribution in [2.75, 3.05) is 6.54 Å². The highest BCUT2D eigenvalue weighted by atomic mass is 79.9. The highest BCUT2D eigenvalue weighted by Crippen LogP contribution is 2.34. The second-order valence-electron chi connectivity index (χ2n) is 5.18. The number of nitrogens with two attached hydrogens (primary N) is 1. The summed E-state index contributed by atoms with van der Waals surface area (Å²) in [5.41, 5.74) is 8.32. The fraction of sp³-hybridized carbons (Fsp3) is 0.375. The zero-order chi connectivity index (χ0) is 14.7. The van der Waals surface area contributed by atoms with Gasteiger partial charge in [0.1, 0.15) is 11.9 Å². The molecule has 1 aromatic carbocycles. The number of benzene rings is 1. The highest BCUT2D eigenvalue weighted by molar-refractivity contribution is 9.11. The first-order valence-corrected chi connectivity index (χ1v) is 8.34. The fourth-order valence-electron chi connectivity index (χ4n) is 2.10. The van der Waals surface area contributed by atoms with Gasteiger partial charge in [-0.05, 0) is 58.1 Å². The van der Waals surface area contributed by atoms with E-state index in [4.69, 9.17) is 10.5 Å². The minimum Gasteiger partial charge on any atom is -0.483 e. The molecule has 0 aliphatic carbocycles. The number of halogens is 1. The van der Waals surface area contributed by atoms with Gasteiger partial charge in [-0.3, -0.25) is 0 Å². The normalized spacial score (nSPS) is 12.7. The number of hydrogen-bond donors (Lipinski definition) is 1. The lowest BCUT2D eigenvalue weighted by atomic mass is 10.0. The van der Waals surface area contributed by atoms with E-state index in [1.165, 1.54) is 11.1 Å². The van der Waals surface area contributed by atoms with Gasteiger partial charge >= 0.3 is 0 Å². The molecule has 0 spiro atoms. The molecule has 0 aliphatic heterocycles. The van der Waals surface area contributed by atoms with Crippen LogP contribution in [0, 0.1) is 6.92 Å². The summed E-state index contributed by atoms with van der Waals surface area (Å²) in [6.07, 6.45) is -0.0920. The Morgan fingerprint density at radius 1 is 1.25 bits per heavy atom. The molecule has 2 nitrogen and oxygen atoms in total. The summed E-state index contributed by atoms with van der Waals surface area (Å²) in [5.74, 6) is 1.37. The predicted octanol–water partition coefficient (Wildman–Crippen LogP) is 5.02. The third kappa shape index (κ3) is 3.62. The van der Waals surface area contributed by atoms with Crippen molar-refractivity contribution in [3.63, 3.8) is 0 Å². The maximum atomic E-state index is 6.20. The van der Waals surface area contributed by atoms with E-state index in [0.717, 1.165) is 14.4 Å². The van der Waals surface area contributed by atoms with E-state index in [2.05, 4.69) is 61.0 Å². The number of ether oxygens (including phenoxy) is 1. The van der Waals surface area contributed by atoms with Crippen molar-refractivity contribution in [2.45, 2.75) is 32.8 Å². The average Bonchev–Trinajstić information content (AvgIpc) is 2.82. The third-order valence-electron chi connectivity index (χ3n) is 3.19. The van der Waals surface area contributed by atoms with Crippen LogP contribution in [-0.4, -0.2) is 6.54 Å². The van der Waals surface area contributed by atoms with Crippen LogP contribution in [0.25, 0.3) is 0 Å². The molecule has 1 aromatic heterocycles. The van der Waals surface area contributed by atoms with Gasteiger partial charge < -0.3 is 10.5 Å². The lowest BCUT2D eigenvalue weighted by Crippen LogP contribution is -2.18. The van der Waals surface area contributed by atoms with Crippen LogP contribution < -0.4 is 10.5 Å². The van der Waals surface area contributed by atoms with E-state index in [9.17, 15) is 0 Å². The standard InChI is InChI=1S/C16H20BrNOS/c1-10(2)12-5-4-11(3)8-13(12)19-14(9-18)15-6-7-16(17)20-15/h4-8,10,14H,9,18H2,1-3H3. The molecule has 1 unspecified atom stereocenters. The Kier molecular flexibility index (Phi) is 5.24. The second kappa shape index (κ2) is 6.74. The molecule has 2 N–H and O–H groups in total. The van der Waals surface area contributed by atoms with Crippen molar-refractivity contribution in [1.82, 2.24) is 0 Å². The lowest BCUT2D eigenvalue weighted by molar-refractivity contribution is 0.215. The SMILES string of the molecule is Cc1ccc(C(C)C)c(OC(CN)c2ccc(Br)s2)c1. The minimum absolute atomic E-state index is 0.0920. The van der Waals surface area contributed by atoms with Gasteiger partial charge in [-0.1, -0.05) is 26.0 Å². The van der Waals surface area contributed by atoms with Crippen LogP contribution in [0.1, 0.15) is 41.9 Å². The van der Waals surface area contributed by atoms with Gasteiger partial charge in [-0.2, -0.15) is 0 Å². The van der Waals surface area contributed by atoms with Crippen molar-refractivity contribution in [3.8, 4) is 5.75 Å². The van der Waals surface area contributed by atoms with E-state index in [-0.39, 0.29) is 6.10 Å². The van der Waals surface area contributed by atoms with E-state index in [0.29, 0.717) is 12.5 Å². The summed E-state index contributed by atoms with van der Waals surface area (Å²) < 4.78 is 7.30. The topological polar surface area (TPSA) is 35.2 Å². The van der Waals surface area contributed by atoms with Crippen LogP contribution in [0.15, 0.2) is 34.1 Å². The van der Waals surface area contributed by atoms with Crippen molar-refractivity contribution in [3.05, 3.63) is 50.1 Å². The van der Waals surface area contributed by atoms with Crippen LogP contribution in [0.2, 0.25) is 0 Å². The molecule has 4 heteroatoms. The molecule has 0 fully saturated rings. The molecule has 0 amide bonds. The number of hydrogen-bond acceptors (Lipinski definition) is 3. The van der Waals surface area contributed by atoms with Crippen LogP contribution in [0.5, 0.6) is 5.75 Å². The van der Waals surface area contributed by atoms with Gasteiger partial charge in [-0.25, -0.2) is 0 Å². The Balaban J connectivity index is 2.29. The van der Waals surface area contributed by atoms with E-state index < -0.39 is 0 Å². The lowest BCUT2D eigenvalue weighted by Gasteiger charge is -2.20. The zero-order valence-corrected chi connectivity index (χ0v) is 14.4. The van der Waals surface area contributed by atoms with E-state index >= 15 is 0 Å². The Hall–Kier alpha value is -0.840. The molecule has 1 atom stereocenters. The summed E-state index contributed by atoms with van der Waals surface area (Å²) in [5, 5.41) is 0. The number of thiophene rings is 1. The van der Waals surface area contributed by atoms with Crippen LogP contribution in [0.3, 0.4) is 0 Å². The Bertz CT molecular complexity index is 580. The molecule has 2 aromatic rings. The monoisotopic (exact) mass is 353 g/mol. The summed E-state index contributed by atoms with van der Waals surface area (Å²) in [4.78, 5) is 1.15. The van der Waals surface area contributed by atoms with Crippen molar-refractivity contribution < 1.29 is 4.74 Å². The van der Waals surface area contributed by atoms with Gasteiger partial charge in [0.15, 0.2) is 0 Å². The van der Waals surface area contributed by atoms with E-state index in [1.807, 2.05) is 6.07 Å². The first kappa shape index (κ1) is 15.5. The number of rotatable bonds is 5. The maximum Gasteiger partial charge on any atom is 0.145 e. The first-order chi connectivity index (χ1) is 9.51. The Morgan fingerprint density at radius 3 is 2.55 bits per heavy atom. The molecule has 0 saturated heterocycles. The molecule has 1 heterocycles. The van der Waals surface area contributed by atoms with Crippen LogP contribution in [0.4, 0.5) is 0 Å². The van der Waals surface area contributed by atoms with Crippen molar-refractivity contribution in [1.29, 1.82) is 0 Å². The van der Waals surface area contributed by atoms with Crippen molar-refractivity contribution >= 4 is 27.3 Å². The van der Waals surface area contributed by atoms with Gasteiger partial charge in [0.2, 0.25) is 0 Å². The van der Waals surface area contributed by atoms with Crippen LogP contribution in [-0.2, 0) is 0 Å². The molecular weight excluding hydrogens is 334 g/mol. The quantitative estimate of drug-likeness (QED) is 0.818. The van der Waals surface area contributed by atoms with Gasteiger partial charge in [0.05, 0.1) is 3.79 Å². The zero-order valence-electron chi connectivity index (χ0n) is 12.0. The molecule has 20 heavy (non-hydrogen) atoms. The smallest absolute Gasteiger partial charge is 0.145 e. The molecular formula is C16H20BrNOS. The summed E-state index contributed by atoms with van der Waals surface area (Å²) >= 11 is 5.16. The molecule has 0 aliphatic rings. The Labute approximate surface area is 133 Å². The second-order valence-corrected chi connectivity index (χ2v) is 7.67. The maximum absolute atomic E-state index is 6.20. The van der Waals surface area contributed by atoms with Gasteiger partial charge in [-0.15, -0.1) is 11.3 Å². The predicted molar refractivity (Wildman–Crippen MR) is 89.7 cm³/mol. The third-order valence-corrected chi connectivity index (χ3v) is 4.90. The Morgan fingerprint density at radius 2 is 2.00 bits per heavy atom. The van der Waals surface area contributed by atoms with Crippen LogP contribution >= 0.6 is 27.3 Å². The number of aryl methyl sites for hydroxylation is 1.